The van der Waals surface area contributed by atoms with Crippen LogP contribution in [0.1, 0.15) is 11.7 Å². The second kappa shape index (κ2) is 6.35. The molecule has 1 saturated heterocycles. The monoisotopic (exact) mass is 327 g/mol. The Hall–Kier alpha value is -1.75. The van der Waals surface area contributed by atoms with E-state index >= 15 is 0 Å². The van der Waals surface area contributed by atoms with E-state index in [9.17, 15) is 21.6 Å². The Morgan fingerprint density at radius 2 is 1.76 bits per heavy atom. The van der Waals surface area contributed by atoms with Crippen LogP contribution in [-0.4, -0.2) is 55.0 Å². The van der Waals surface area contributed by atoms with Crippen LogP contribution in [0.5, 0.6) is 0 Å². The van der Waals surface area contributed by atoms with Crippen LogP contribution in [0.4, 0.5) is 13.2 Å². The van der Waals surface area contributed by atoms with Gasteiger partial charge in [-0.3, -0.25) is 0 Å². The fourth-order valence-electron chi connectivity index (χ4n) is 1.20. The number of nitrogens with zero attached hydrogens (tertiary/aromatic N) is 2. The number of carboxylic acid groups (broad SMARTS) is 1. The number of sulfone groups is 1. The minimum absolute atomic E-state index is 0.175. The molecular weight excluding hydrogens is 315 g/mol. The fourth-order valence-corrected chi connectivity index (χ4v) is 1.69. The molecule has 2 heterocycles. The Morgan fingerprint density at radius 3 is 2.00 bits per heavy atom. The molecule has 0 saturated carbocycles. The van der Waals surface area contributed by atoms with Crippen molar-refractivity contribution in [2.75, 3.05) is 19.3 Å². The molecule has 1 fully saturated rings. The zero-order valence-electron chi connectivity index (χ0n) is 10.8. The SMILES string of the molecule is CS(=O)(=O)c1cnc(C2CNC2)nc1.O=C(O)C(F)(F)F. The molecule has 21 heavy (non-hydrogen) atoms. The number of alkyl halides is 3. The van der Waals surface area contributed by atoms with Gasteiger partial charge in [0.25, 0.3) is 0 Å². The summed E-state index contributed by atoms with van der Waals surface area (Å²) in [6.45, 7) is 1.75. The van der Waals surface area contributed by atoms with E-state index in [-0.39, 0.29) is 4.90 Å². The van der Waals surface area contributed by atoms with Gasteiger partial charge < -0.3 is 10.4 Å². The number of carbonyl (C=O) groups is 1. The summed E-state index contributed by atoms with van der Waals surface area (Å²) < 4.78 is 53.9. The molecular formula is C10H12F3N3O4S. The molecule has 0 radical (unpaired) electrons. The van der Waals surface area contributed by atoms with E-state index in [1.54, 1.807) is 0 Å². The standard InChI is InChI=1S/C8H11N3O2S.C2HF3O2/c1-14(12,13)7-4-10-8(11-5-7)6-2-9-3-6;3-2(4,5)1(6)7/h4-6,9H,2-3H2,1H3;(H,6,7). The summed E-state index contributed by atoms with van der Waals surface area (Å²) >= 11 is 0. The van der Waals surface area contributed by atoms with Crippen LogP contribution in [0.3, 0.4) is 0 Å². The van der Waals surface area contributed by atoms with Gasteiger partial charge in [-0.05, 0) is 0 Å². The Bertz CT molecular complexity index is 597. The highest BCUT2D eigenvalue weighted by Gasteiger charge is 2.38. The second-order valence-electron chi connectivity index (χ2n) is 4.21. The fraction of sp³-hybridized carbons (Fsp3) is 0.500. The number of aliphatic carboxylic acids is 1. The van der Waals surface area contributed by atoms with Gasteiger partial charge in [-0.1, -0.05) is 0 Å². The van der Waals surface area contributed by atoms with Crippen LogP contribution in [0, 0.1) is 0 Å². The average molecular weight is 327 g/mol. The molecule has 7 nitrogen and oxygen atoms in total. The molecule has 118 valence electrons. The minimum Gasteiger partial charge on any atom is -0.475 e. The van der Waals surface area contributed by atoms with Crippen LogP contribution in [0.25, 0.3) is 0 Å². The lowest BCUT2D eigenvalue weighted by Crippen LogP contribution is -2.40. The van der Waals surface area contributed by atoms with Crippen molar-refractivity contribution in [1.29, 1.82) is 0 Å². The number of aromatic nitrogens is 2. The summed E-state index contributed by atoms with van der Waals surface area (Å²) in [4.78, 5) is 17.1. The molecule has 0 atom stereocenters. The first-order valence-corrected chi connectivity index (χ1v) is 7.44. The second-order valence-corrected chi connectivity index (χ2v) is 6.22. The number of halogens is 3. The summed E-state index contributed by atoms with van der Waals surface area (Å²) in [6.07, 6.45) is -1.19. The van der Waals surface area contributed by atoms with Gasteiger partial charge >= 0.3 is 12.1 Å². The topological polar surface area (TPSA) is 109 Å². The maximum Gasteiger partial charge on any atom is 0.490 e. The molecule has 2 N–H and O–H groups in total. The summed E-state index contributed by atoms with van der Waals surface area (Å²) in [5.74, 6) is -1.70. The van der Waals surface area contributed by atoms with Crippen molar-refractivity contribution in [1.82, 2.24) is 15.3 Å². The number of hydrogen-bond acceptors (Lipinski definition) is 6. The molecule has 0 bridgehead atoms. The van der Waals surface area contributed by atoms with Crippen molar-refractivity contribution in [2.45, 2.75) is 17.0 Å². The molecule has 0 aliphatic carbocycles. The van der Waals surface area contributed by atoms with Crippen molar-refractivity contribution in [3.05, 3.63) is 18.2 Å². The third-order valence-electron chi connectivity index (χ3n) is 2.47. The highest BCUT2D eigenvalue weighted by atomic mass is 32.2. The van der Waals surface area contributed by atoms with Crippen molar-refractivity contribution in [3.63, 3.8) is 0 Å². The quantitative estimate of drug-likeness (QED) is 0.798. The number of rotatable bonds is 2. The van der Waals surface area contributed by atoms with Gasteiger partial charge in [0.1, 0.15) is 10.7 Å². The molecule has 1 aliphatic heterocycles. The first-order chi connectivity index (χ1) is 9.51. The summed E-state index contributed by atoms with van der Waals surface area (Å²) in [7, 11) is -3.17. The van der Waals surface area contributed by atoms with Gasteiger partial charge in [0.2, 0.25) is 0 Å². The predicted octanol–water partition coefficient (Wildman–Crippen LogP) is 0.200. The van der Waals surface area contributed by atoms with Crippen LogP contribution < -0.4 is 5.32 Å². The average Bonchev–Trinajstić information content (AvgIpc) is 2.25. The Morgan fingerprint density at radius 1 is 1.33 bits per heavy atom. The number of hydrogen-bond donors (Lipinski definition) is 2. The highest BCUT2D eigenvalue weighted by molar-refractivity contribution is 7.90. The maximum absolute atomic E-state index is 11.1. The van der Waals surface area contributed by atoms with Crippen molar-refractivity contribution < 1.29 is 31.5 Å². The van der Waals surface area contributed by atoms with E-state index in [2.05, 4.69) is 15.3 Å². The number of nitrogens with one attached hydrogen (secondary N) is 1. The van der Waals surface area contributed by atoms with Crippen molar-refractivity contribution in [3.8, 4) is 0 Å². The molecule has 1 aliphatic rings. The van der Waals surface area contributed by atoms with E-state index in [0.29, 0.717) is 5.92 Å². The minimum atomic E-state index is -5.08. The van der Waals surface area contributed by atoms with Crippen LogP contribution in [0.15, 0.2) is 17.3 Å². The third-order valence-corrected chi connectivity index (χ3v) is 3.53. The molecule has 2 rings (SSSR count). The molecule has 0 spiro atoms. The Labute approximate surface area is 118 Å². The van der Waals surface area contributed by atoms with Gasteiger partial charge in [-0.15, -0.1) is 0 Å². The molecule has 0 aromatic carbocycles. The van der Waals surface area contributed by atoms with Gasteiger partial charge in [-0.25, -0.2) is 23.2 Å². The molecule has 1 aromatic heterocycles. The smallest absolute Gasteiger partial charge is 0.475 e. The van der Waals surface area contributed by atoms with E-state index in [0.717, 1.165) is 25.2 Å². The predicted molar refractivity (Wildman–Crippen MR) is 64.4 cm³/mol. The lowest BCUT2D eigenvalue weighted by molar-refractivity contribution is -0.192. The van der Waals surface area contributed by atoms with E-state index < -0.39 is 22.0 Å². The van der Waals surface area contributed by atoms with E-state index in [4.69, 9.17) is 9.90 Å². The Kier molecular flexibility index (Phi) is 5.23. The summed E-state index contributed by atoms with van der Waals surface area (Å²) in [5, 5.41) is 10.2. The zero-order valence-corrected chi connectivity index (χ0v) is 11.6. The summed E-state index contributed by atoms with van der Waals surface area (Å²) in [6, 6.07) is 0. The molecule has 11 heteroatoms. The van der Waals surface area contributed by atoms with Gasteiger partial charge in [-0.2, -0.15) is 13.2 Å². The zero-order chi connectivity index (χ0) is 16.3. The van der Waals surface area contributed by atoms with Crippen LogP contribution in [0.2, 0.25) is 0 Å². The van der Waals surface area contributed by atoms with Crippen molar-refractivity contribution >= 4 is 15.8 Å². The largest absolute Gasteiger partial charge is 0.490 e. The van der Waals surface area contributed by atoms with Gasteiger partial charge in [0.05, 0.1) is 0 Å². The first-order valence-electron chi connectivity index (χ1n) is 5.54. The van der Waals surface area contributed by atoms with Crippen LogP contribution >= 0.6 is 0 Å². The lowest BCUT2D eigenvalue weighted by atomic mass is 10.0. The highest BCUT2D eigenvalue weighted by Crippen LogP contribution is 2.16. The Balaban J connectivity index is 0.000000270. The van der Waals surface area contributed by atoms with E-state index in [1.807, 2.05) is 0 Å². The van der Waals surface area contributed by atoms with Crippen molar-refractivity contribution in [2.24, 2.45) is 0 Å². The normalized spacial score (nSPS) is 15.6. The molecule has 0 amide bonds. The third kappa shape index (κ3) is 5.27. The molecule has 0 unspecified atom stereocenters. The van der Waals surface area contributed by atoms with Crippen LogP contribution in [-0.2, 0) is 14.6 Å². The van der Waals surface area contributed by atoms with Gasteiger partial charge in [0.15, 0.2) is 9.84 Å². The lowest BCUT2D eigenvalue weighted by Gasteiger charge is -2.25. The van der Waals surface area contributed by atoms with Gasteiger partial charge in [0, 0.05) is 37.7 Å². The first kappa shape index (κ1) is 17.3. The summed E-state index contributed by atoms with van der Waals surface area (Å²) in [5.41, 5.74) is 0. The molecule has 1 aromatic rings. The van der Waals surface area contributed by atoms with E-state index in [1.165, 1.54) is 12.4 Å². The maximum atomic E-state index is 11.1. The number of carboxylic acids is 1.